The lowest BCUT2D eigenvalue weighted by molar-refractivity contribution is -0.198. The van der Waals surface area contributed by atoms with Gasteiger partial charge in [-0.15, -0.1) is 5.06 Å². The van der Waals surface area contributed by atoms with Crippen molar-refractivity contribution in [2.24, 2.45) is 5.92 Å². The van der Waals surface area contributed by atoms with Gasteiger partial charge in [-0.05, 0) is 18.6 Å². The molecule has 1 N–H and O–H groups in total. The highest BCUT2D eigenvalue weighted by atomic mass is 16.7. The van der Waals surface area contributed by atoms with Gasteiger partial charge in [0.1, 0.15) is 0 Å². The van der Waals surface area contributed by atoms with Crippen molar-refractivity contribution in [2.75, 3.05) is 19.8 Å². The first-order valence-corrected chi connectivity index (χ1v) is 8.55. The minimum Gasteiger partial charge on any atom is -0.379 e. The third-order valence-corrected chi connectivity index (χ3v) is 3.98. The predicted molar refractivity (Wildman–Crippen MR) is 87.5 cm³/mol. The normalized spacial score (nSPS) is 17.1. The highest BCUT2D eigenvalue weighted by Gasteiger charge is 2.32. The van der Waals surface area contributed by atoms with Gasteiger partial charge in [0.2, 0.25) is 5.91 Å². The van der Waals surface area contributed by atoms with Crippen LogP contribution in [-0.2, 0) is 38.3 Å². The number of nitrogens with one attached hydrogen (secondary N) is 1. The van der Waals surface area contributed by atoms with Crippen molar-refractivity contribution in [3.63, 3.8) is 0 Å². The van der Waals surface area contributed by atoms with Crippen LogP contribution >= 0.6 is 0 Å². The number of ether oxygens (including phenoxy) is 1. The molecule has 0 aromatic heterocycles. The molecule has 0 bridgehead atoms. The molecule has 10 nitrogen and oxygen atoms in total. The highest BCUT2D eigenvalue weighted by Crippen LogP contribution is 2.16. The highest BCUT2D eigenvalue weighted by molar-refractivity contribution is 6.18. The number of carbonyl (C=O) groups is 6. The van der Waals surface area contributed by atoms with Crippen molar-refractivity contribution in [3.05, 3.63) is 12.2 Å². The van der Waals surface area contributed by atoms with E-state index in [2.05, 4.69) is 10.2 Å². The molecule has 1 aliphatic carbocycles. The average molecular weight is 380 g/mol. The molecule has 0 aromatic carbocycles. The first kappa shape index (κ1) is 20.4. The topological polar surface area (TPSA) is 136 Å². The maximum atomic E-state index is 11.7. The molecule has 2 rings (SSSR count). The Morgan fingerprint density at radius 2 is 1.63 bits per heavy atom. The molecule has 2 aliphatic rings. The Balaban J connectivity index is 1.49. The quantitative estimate of drug-likeness (QED) is 0.296. The van der Waals surface area contributed by atoms with E-state index in [0.717, 1.165) is 0 Å². The largest absolute Gasteiger partial charge is 0.379 e. The van der Waals surface area contributed by atoms with Gasteiger partial charge in [0.25, 0.3) is 11.8 Å². The van der Waals surface area contributed by atoms with E-state index in [1.807, 2.05) is 0 Å². The van der Waals surface area contributed by atoms with E-state index in [0.29, 0.717) is 5.06 Å². The Hall–Kier alpha value is -2.88. The minimum atomic E-state index is -0.762. The van der Waals surface area contributed by atoms with Crippen LogP contribution in [0.1, 0.15) is 32.1 Å². The molecule has 146 valence electrons. The monoisotopic (exact) mass is 380 g/mol. The molecule has 27 heavy (non-hydrogen) atoms. The number of amides is 3. The molecule has 0 unspecified atom stereocenters. The molecule has 10 heteroatoms. The molecule has 1 fully saturated rings. The zero-order valence-corrected chi connectivity index (χ0v) is 14.6. The number of ketones is 2. The lowest BCUT2D eigenvalue weighted by Gasteiger charge is -2.12. The fourth-order valence-electron chi connectivity index (χ4n) is 2.51. The van der Waals surface area contributed by atoms with Crippen LogP contribution in [0.4, 0.5) is 0 Å². The predicted octanol–water partition coefficient (Wildman–Crippen LogP) is -0.779. The number of hydroxylamine groups is 2. The van der Waals surface area contributed by atoms with Crippen molar-refractivity contribution in [3.8, 4) is 0 Å². The van der Waals surface area contributed by atoms with E-state index in [-0.39, 0.29) is 69.3 Å². The maximum absolute atomic E-state index is 11.7. The number of hydrogen-bond acceptors (Lipinski definition) is 8. The summed E-state index contributed by atoms with van der Waals surface area (Å²) >= 11 is 0. The second-order valence-electron chi connectivity index (χ2n) is 5.99. The summed E-state index contributed by atoms with van der Waals surface area (Å²) in [6.07, 6.45) is 2.57. The van der Waals surface area contributed by atoms with Crippen molar-refractivity contribution in [1.29, 1.82) is 0 Å². The minimum absolute atomic E-state index is 0.00166. The Morgan fingerprint density at radius 1 is 1.00 bits per heavy atom. The second kappa shape index (κ2) is 9.72. The van der Waals surface area contributed by atoms with Crippen LogP contribution in [0.5, 0.6) is 0 Å². The first-order chi connectivity index (χ1) is 12.9. The van der Waals surface area contributed by atoms with Crippen LogP contribution < -0.4 is 5.32 Å². The van der Waals surface area contributed by atoms with Gasteiger partial charge in [0.05, 0.1) is 25.6 Å². The average Bonchev–Trinajstić information content (AvgIpc) is 3.12. The molecular formula is C17H20N2O8. The van der Waals surface area contributed by atoms with E-state index in [9.17, 15) is 28.8 Å². The van der Waals surface area contributed by atoms with Crippen molar-refractivity contribution < 1.29 is 38.3 Å². The number of hydrogen-bond donors (Lipinski definition) is 1. The van der Waals surface area contributed by atoms with E-state index < -0.39 is 23.7 Å². The van der Waals surface area contributed by atoms with Gasteiger partial charge in [-0.25, -0.2) is 4.79 Å². The third kappa shape index (κ3) is 6.10. The Bertz CT molecular complexity index is 650. The van der Waals surface area contributed by atoms with Gasteiger partial charge in [0.15, 0.2) is 11.6 Å². The number of nitrogens with zero attached hydrogens (tertiary/aromatic N) is 1. The fraction of sp³-hybridized carbons (Fsp3) is 0.529. The Morgan fingerprint density at radius 3 is 2.26 bits per heavy atom. The van der Waals surface area contributed by atoms with Gasteiger partial charge in [0, 0.05) is 25.8 Å². The molecule has 0 radical (unpaired) electrons. The number of carbonyl (C=O) groups excluding carboxylic acids is 6. The molecule has 0 atom stereocenters. The summed E-state index contributed by atoms with van der Waals surface area (Å²) in [6, 6.07) is 0. The molecule has 1 heterocycles. The SMILES string of the molecule is O=C(CCC1C(=O)C=CC1=O)NCCOCCC(=O)ON1C(=O)CCC1=O. The summed E-state index contributed by atoms with van der Waals surface area (Å²) < 4.78 is 5.16. The van der Waals surface area contributed by atoms with Crippen LogP contribution in [-0.4, -0.2) is 60.1 Å². The molecular weight excluding hydrogens is 360 g/mol. The van der Waals surface area contributed by atoms with Crippen LogP contribution in [0.15, 0.2) is 12.2 Å². The molecule has 0 saturated carbocycles. The summed E-state index contributed by atoms with van der Waals surface area (Å²) in [6.45, 7) is 0.340. The van der Waals surface area contributed by atoms with E-state index in [4.69, 9.17) is 4.74 Å². The van der Waals surface area contributed by atoms with E-state index >= 15 is 0 Å². The summed E-state index contributed by atoms with van der Waals surface area (Å²) in [5, 5.41) is 3.04. The smallest absolute Gasteiger partial charge is 0.335 e. The fourth-order valence-corrected chi connectivity index (χ4v) is 2.51. The lowest BCUT2D eigenvalue weighted by Crippen LogP contribution is -2.32. The molecule has 3 amide bonds. The van der Waals surface area contributed by atoms with Gasteiger partial charge in [-0.1, -0.05) is 0 Å². The van der Waals surface area contributed by atoms with E-state index in [1.165, 1.54) is 12.2 Å². The van der Waals surface area contributed by atoms with Gasteiger partial charge in [-0.3, -0.25) is 24.0 Å². The first-order valence-electron chi connectivity index (χ1n) is 8.55. The zero-order valence-electron chi connectivity index (χ0n) is 14.6. The molecule has 1 aliphatic heterocycles. The van der Waals surface area contributed by atoms with Crippen LogP contribution in [0, 0.1) is 5.92 Å². The number of allylic oxidation sites excluding steroid dienone is 2. The molecule has 1 saturated heterocycles. The summed E-state index contributed by atoms with van der Waals surface area (Å²) in [7, 11) is 0. The molecule has 0 aromatic rings. The third-order valence-electron chi connectivity index (χ3n) is 3.98. The van der Waals surface area contributed by atoms with Crippen molar-refractivity contribution in [2.45, 2.75) is 32.1 Å². The van der Waals surface area contributed by atoms with Gasteiger partial charge >= 0.3 is 5.97 Å². The second-order valence-corrected chi connectivity index (χ2v) is 5.99. The lowest BCUT2D eigenvalue weighted by atomic mass is 9.99. The zero-order chi connectivity index (χ0) is 19.8. The number of imide groups is 1. The van der Waals surface area contributed by atoms with Crippen LogP contribution in [0.3, 0.4) is 0 Å². The molecule has 0 spiro atoms. The van der Waals surface area contributed by atoms with Gasteiger partial charge < -0.3 is 14.9 Å². The maximum Gasteiger partial charge on any atom is 0.335 e. The van der Waals surface area contributed by atoms with Gasteiger partial charge in [-0.2, -0.15) is 0 Å². The van der Waals surface area contributed by atoms with Crippen LogP contribution in [0.2, 0.25) is 0 Å². The summed E-state index contributed by atoms with van der Waals surface area (Å²) in [5.41, 5.74) is 0. The van der Waals surface area contributed by atoms with E-state index in [1.54, 1.807) is 0 Å². The Kier molecular flexibility index (Phi) is 7.35. The van der Waals surface area contributed by atoms with Crippen molar-refractivity contribution >= 4 is 35.3 Å². The van der Waals surface area contributed by atoms with Crippen LogP contribution in [0.25, 0.3) is 0 Å². The van der Waals surface area contributed by atoms with Crippen molar-refractivity contribution in [1.82, 2.24) is 10.4 Å². The Labute approximate surface area is 154 Å². The number of rotatable bonds is 10. The summed E-state index contributed by atoms with van der Waals surface area (Å²) in [4.78, 5) is 73.2. The standard InChI is InChI=1S/C17H20N2O8/c20-12-2-3-13(21)11(12)1-4-14(22)18-8-10-26-9-7-17(25)27-19-15(23)5-6-16(19)24/h2-3,11H,1,4-10H2,(H,18,22). The summed E-state index contributed by atoms with van der Waals surface area (Å²) in [5.74, 6) is -3.48.